The molecule has 260 valence electrons. The lowest BCUT2D eigenvalue weighted by Gasteiger charge is -2.27. The lowest BCUT2D eigenvalue weighted by Crippen LogP contribution is -2.53. The Morgan fingerprint density at radius 1 is 0.556 bits per heavy atom. The summed E-state index contributed by atoms with van der Waals surface area (Å²) in [6.45, 7) is 3.92. The van der Waals surface area contributed by atoms with E-state index in [0.29, 0.717) is 19.3 Å². The van der Waals surface area contributed by atoms with Gasteiger partial charge in [-0.15, -0.1) is 0 Å². The maximum atomic E-state index is 12.4. The van der Waals surface area contributed by atoms with Crippen LogP contribution < -0.4 is 5.32 Å². The van der Waals surface area contributed by atoms with Crippen LogP contribution in [0.25, 0.3) is 0 Å². The average Bonchev–Trinajstić information content (AvgIpc) is 3.04. The van der Waals surface area contributed by atoms with E-state index in [-0.39, 0.29) is 0 Å². The normalized spacial score (nSPS) is 15.2. The van der Waals surface area contributed by atoms with Gasteiger partial charge in [-0.1, -0.05) is 126 Å². The lowest BCUT2D eigenvalue weighted by atomic mass is 10.00. The number of rotatable bonds is 31. The van der Waals surface area contributed by atoms with Crippen molar-refractivity contribution in [3.8, 4) is 0 Å². The first-order valence-corrected chi connectivity index (χ1v) is 18.2. The second-order valence-corrected chi connectivity index (χ2v) is 12.2. The van der Waals surface area contributed by atoms with E-state index in [1.54, 1.807) is 0 Å². The number of aliphatic hydroxyl groups excluding tert-OH is 4. The highest BCUT2D eigenvalue weighted by Crippen LogP contribution is 2.12. The lowest BCUT2D eigenvalue weighted by molar-refractivity contribution is -0.132. The number of carbonyl (C=O) groups is 1. The molecule has 45 heavy (non-hydrogen) atoms. The maximum absolute atomic E-state index is 12.4. The van der Waals surface area contributed by atoms with E-state index in [2.05, 4.69) is 79.9 Å². The monoisotopic (exact) mass is 632 g/mol. The Kier molecular flexibility index (Phi) is 31.9. The van der Waals surface area contributed by atoms with Crippen molar-refractivity contribution in [1.29, 1.82) is 0 Å². The van der Waals surface area contributed by atoms with Crippen LogP contribution in [-0.4, -0.2) is 57.3 Å². The zero-order valence-electron chi connectivity index (χ0n) is 28.8. The first-order valence-electron chi connectivity index (χ1n) is 18.2. The number of hydrogen-bond donors (Lipinski definition) is 5. The van der Waals surface area contributed by atoms with Crippen molar-refractivity contribution in [1.82, 2.24) is 5.32 Å². The zero-order chi connectivity index (χ0) is 33.2. The molecule has 0 aromatic carbocycles. The van der Waals surface area contributed by atoms with Gasteiger partial charge in [0.05, 0.1) is 18.8 Å². The molecular formula is C39H69NO5. The summed E-state index contributed by atoms with van der Waals surface area (Å²) < 4.78 is 0. The Hall–Kier alpha value is -1.99. The van der Waals surface area contributed by atoms with Crippen molar-refractivity contribution < 1.29 is 25.2 Å². The van der Waals surface area contributed by atoms with Crippen molar-refractivity contribution in [2.75, 3.05) is 6.61 Å². The van der Waals surface area contributed by atoms with Gasteiger partial charge in [-0.05, 0) is 83.5 Å². The van der Waals surface area contributed by atoms with Crippen molar-refractivity contribution in [3.05, 3.63) is 60.8 Å². The maximum Gasteiger partial charge on any atom is 0.249 e. The van der Waals surface area contributed by atoms with Crippen LogP contribution in [0.4, 0.5) is 0 Å². The summed E-state index contributed by atoms with van der Waals surface area (Å²) in [5, 5.41) is 43.4. The first-order chi connectivity index (χ1) is 22.0. The number of allylic oxidation sites excluding steroid dienone is 10. The van der Waals surface area contributed by atoms with E-state index >= 15 is 0 Å². The number of aliphatic hydroxyl groups is 4. The molecule has 0 fully saturated rings. The molecule has 6 nitrogen and oxygen atoms in total. The molecule has 1 amide bonds. The molecule has 0 spiro atoms. The highest BCUT2D eigenvalue weighted by atomic mass is 16.3. The fourth-order valence-electron chi connectivity index (χ4n) is 4.94. The highest BCUT2D eigenvalue weighted by Gasteiger charge is 2.28. The van der Waals surface area contributed by atoms with Crippen LogP contribution in [0.5, 0.6) is 0 Å². The number of carbonyl (C=O) groups excluding carboxylic acids is 1. The molecule has 0 aliphatic rings. The molecule has 4 atom stereocenters. The van der Waals surface area contributed by atoms with E-state index in [0.717, 1.165) is 77.0 Å². The Balaban J connectivity index is 3.97. The standard InChI is InChI=1S/C39H69NO5/c1-3-5-7-9-11-13-15-17-19-21-22-24-26-28-30-32-36(42)38(44)35(34-41)40-39(45)37(43)33-31-29-27-25-23-20-18-16-14-12-10-8-6-4-2/h9,11-12,14,16-19,24,26,35-38,41-44H,3-8,10,13,15,20-23,25,27-34H2,1-2H3,(H,40,45)/b11-9+,14-12-,18-16-,19-17+,26-24+. The Bertz CT molecular complexity index is 803. The molecule has 0 aliphatic carbocycles. The van der Waals surface area contributed by atoms with Crippen LogP contribution in [0.3, 0.4) is 0 Å². The third kappa shape index (κ3) is 28.0. The second kappa shape index (κ2) is 33.4. The molecule has 0 aliphatic heterocycles. The second-order valence-electron chi connectivity index (χ2n) is 12.2. The predicted molar refractivity (Wildman–Crippen MR) is 191 cm³/mol. The molecule has 0 aromatic heterocycles. The Labute approximate surface area is 276 Å². The van der Waals surface area contributed by atoms with Crippen molar-refractivity contribution in [2.45, 2.75) is 173 Å². The van der Waals surface area contributed by atoms with Gasteiger partial charge in [0.25, 0.3) is 0 Å². The molecule has 0 heterocycles. The van der Waals surface area contributed by atoms with E-state index in [1.165, 1.54) is 38.5 Å². The van der Waals surface area contributed by atoms with Crippen molar-refractivity contribution >= 4 is 5.91 Å². The summed E-state index contributed by atoms with van der Waals surface area (Å²) in [6, 6.07) is -1.02. The van der Waals surface area contributed by atoms with Gasteiger partial charge in [0.1, 0.15) is 12.2 Å². The third-order valence-electron chi connectivity index (χ3n) is 7.93. The van der Waals surface area contributed by atoms with Crippen molar-refractivity contribution in [2.24, 2.45) is 0 Å². The summed E-state index contributed by atoms with van der Waals surface area (Å²) in [6.07, 6.45) is 39.5. The van der Waals surface area contributed by atoms with Crippen molar-refractivity contribution in [3.63, 3.8) is 0 Å². The number of amides is 1. The van der Waals surface area contributed by atoms with Crippen LogP contribution >= 0.6 is 0 Å². The number of nitrogens with one attached hydrogen (secondary N) is 1. The fraction of sp³-hybridized carbons (Fsp3) is 0.718. The number of unbranched alkanes of at least 4 members (excludes halogenated alkanes) is 13. The summed E-state index contributed by atoms with van der Waals surface area (Å²) in [5.74, 6) is -0.617. The van der Waals surface area contributed by atoms with Crippen LogP contribution in [0.2, 0.25) is 0 Å². The molecule has 0 radical (unpaired) electrons. The molecule has 0 bridgehead atoms. The minimum Gasteiger partial charge on any atom is -0.394 e. The zero-order valence-corrected chi connectivity index (χ0v) is 28.8. The van der Waals surface area contributed by atoms with Crippen LogP contribution in [0.1, 0.15) is 149 Å². The van der Waals surface area contributed by atoms with Gasteiger partial charge in [-0.3, -0.25) is 4.79 Å². The van der Waals surface area contributed by atoms with Gasteiger partial charge >= 0.3 is 0 Å². The molecular weight excluding hydrogens is 562 g/mol. The van der Waals surface area contributed by atoms with Gasteiger partial charge in [0.2, 0.25) is 5.91 Å². The van der Waals surface area contributed by atoms with Crippen LogP contribution in [0, 0.1) is 0 Å². The Morgan fingerprint density at radius 3 is 1.58 bits per heavy atom. The molecule has 0 saturated carbocycles. The van der Waals surface area contributed by atoms with Crippen LogP contribution in [0.15, 0.2) is 60.8 Å². The van der Waals surface area contributed by atoms with E-state index in [4.69, 9.17) is 0 Å². The van der Waals surface area contributed by atoms with E-state index in [9.17, 15) is 25.2 Å². The molecule has 4 unspecified atom stereocenters. The molecule has 0 rings (SSSR count). The summed E-state index contributed by atoms with van der Waals surface area (Å²) in [5.41, 5.74) is 0. The summed E-state index contributed by atoms with van der Waals surface area (Å²) >= 11 is 0. The topological polar surface area (TPSA) is 110 Å². The minimum atomic E-state index is -1.30. The fourth-order valence-corrected chi connectivity index (χ4v) is 4.94. The SMILES string of the molecule is CCCC/C=C/CC/C=C/CC/C=C/CCCC(O)C(O)C(CO)NC(=O)C(O)CCCCCCC/C=C\C=C/CCCCC. The average molecular weight is 632 g/mol. The third-order valence-corrected chi connectivity index (χ3v) is 7.93. The molecule has 0 saturated heterocycles. The van der Waals surface area contributed by atoms with Gasteiger partial charge in [-0.2, -0.15) is 0 Å². The van der Waals surface area contributed by atoms with Crippen LogP contribution in [-0.2, 0) is 4.79 Å². The Morgan fingerprint density at radius 2 is 1.02 bits per heavy atom. The molecule has 0 aromatic rings. The number of hydrogen-bond acceptors (Lipinski definition) is 5. The van der Waals surface area contributed by atoms with Gasteiger partial charge < -0.3 is 25.7 Å². The summed E-state index contributed by atoms with van der Waals surface area (Å²) in [7, 11) is 0. The first kappa shape index (κ1) is 43.0. The quantitative estimate of drug-likeness (QED) is 0.0299. The largest absolute Gasteiger partial charge is 0.394 e. The molecule has 6 heteroatoms. The van der Waals surface area contributed by atoms with E-state index in [1.807, 2.05) is 0 Å². The highest BCUT2D eigenvalue weighted by molar-refractivity contribution is 5.80. The van der Waals surface area contributed by atoms with Gasteiger partial charge in [-0.25, -0.2) is 0 Å². The smallest absolute Gasteiger partial charge is 0.249 e. The van der Waals surface area contributed by atoms with E-state index < -0.39 is 36.9 Å². The van der Waals surface area contributed by atoms with Gasteiger partial charge in [0, 0.05) is 0 Å². The van der Waals surface area contributed by atoms with Gasteiger partial charge in [0.15, 0.2) is 0 Å². The minimum absolute atomic E-state index is 0.337. The summed E-state index contributed by atoms with van der Waals surface area (Å²) in [4.78, 5) is 12.4. The molecule has 5 N–H and O–H groups in total. The predicted octanol–water partition coefficient (Wildman–Crippen LogP) is 8.56.